The van der Waals surface area contributed by atoms with Gasteiger partial charge >= 0.3 is 6.09 Å². The van der Waals surface area contributed by atoms with Crippen LogP contribution in [-0.2, 0) is 32.0 Å². The van der Waals surface area contributed by atoms with Gasteiger partial charge in [-0.25, -0.2) is 4.79 Å². The molecule has 0 aliphatic carbocycles. The number of amides is 4. The summed E-state index contributed by atoms with van der Waals surface area (Å²) in [5, 5.41) is 5.95. The molecule has 9 nitrogen and oxygen atoms in total. The highest BCUT2D eigenvalue weighted by Crippen LogP contribution is 2.25. The summed E-state index contributed by atoms with van der Waals surface area (Å²) in [6.45, 7) is 8.86. The zero-order valence-electron chi connectivity index (χ0n) is 25.2. The fourth-order valence-corrected chi connectivity index (χ4v) is 5.54. The number of nitrogens with one attached hydrogen (secondary N) is 2. The zero-order valence-corrected chi connectivity index (χ0v) is 25.2. The van der Waals surface area contributed by atoms with Gasteiger partial charge in [-0.05, 0) is 76.1 Å². The van der Waals surface area contributed by atoms with Crippen LogP contribution >= 0.6 is 0 Å². The molecule has 2 aliphatic heterocycles. The van der Waals surface area contributed by atoms with Gasteiger partial charge in [0, 0.05) is 37.7 Å². The highest BCUT2D eigenvalue weighted by molar-refractivity contribution is 5.97. The third-order valence-electron chi connectivity index (χ3n) is 7.89. The summed E-state index contributed by atoms with van der Waals surface area (Å²) < 4.78 is 5.52. The average Bonchev–Trinajstić information content (AvgIpc) is 3.47. The minimum atomic E-state index is -0.744. The zero-order chi connectivity index (χ0) is 30.3. The normalized spacial score (nSPS) is 18.3. The Balaban J connectivity index is 1.35. The second-order valence-electron chi connectivity index (χ2n) is 12.2. The van der Waals surface area contributed by atoms with Gasteiger partial charge in [0.25, 0.3) is 0 Å². The van der Waals surface area contributed by atoms with Gasteiger partial charge in [0.05, 0.1) is 0 Å². The second kappa shape index (κ2) is 13.9. The van der Waals surface area contributed by atoms with Crippen LogP contribution in [0.3, 0.4) is 0 Å². The summed E-state index contributed by atoms with van der Waals surface area (Å²) >= 11 is 0. The van der Waals surface area contributed by atoms with Crippen LogP contribution in [0.4, 0.5) is 10.5 Å². The number of rotatable bonds is 8. The Morgan fingerprint density at radius 2 is 1.57 bits per heavy atom. The molecule has 42 heavy (non-hydrogen) atoms. The van der Waals surface area contributed by atoms with E-state index in [2.05, 4.69) is 17.6 Å². The van der Waals surface area contributed by atoms with Crippen LogP contribution in [0, 0.1) is 5.92 Å². The number of ether oxygens (including phenoxy) is 1. The standard InChI is InChI=1S/C33H44N4O5/c1-5-23-13-15-26(16-14-23)34-30(39)27(22-24-10-7-6-8-11-24)35-29(38)25-17-20-36(21-18-25)31(40)28-12-9-19-37(28)32(41)42-33(2,3)4/h6-8,10-11,13-16,25,27-28H,5,9,12,17-22H2,1-4H3,(H,34,39)(H,35,38)/t27-,28-/m0/s1. The molecular weight excluding hydrogens is 532 g/mol. The van der Waals surface area contributed by atoms with Crippen molar-refractivity contribution in [1.29, 1.82) is 0 Å². The Kier molecular flexibility index (Phi) is 10.2. The summed E-state index contributed by atoms with van der Waals surface area (Å²) in [5.41, 5.74) is 2.18. The number of carbonyl (C=O) groups excluding carboxylic acids is 4. The molecule has 4 amide bonds. The van der Waals surface area contributed by atoms with Gasteiger partial charge in [-0.15, -0.1) is 0 Å². The molecule has 0 bridgehead atoms. The third kappa shape index (κ3) is 8.33. The van der Waals surface area contributed by atoms with Gasteiger partial charge in [-0.1, -0.05) is 49.4 Å². The van der Waals surface area contributed by atoms with E-state index in [1.807, 2.05) is 75.4 Å². The number of carbonyl (C=O) groups is 4. The Labute approximate surface area is 249 Å². The molecule has 2 N–H and O–H groups in total. The van der Waals surface area contributed by atoms with Crippen molar-refractivity contribution in [3.63, 3.8) is 0 Å². The molecule has 2 aromatic carbocycles. The Morgan fingerprint density at radius 3 is 2.19 bits per heavy atom. The van der Waals surface area contributed by atoms with E-state index in [4.69, 9.17) is 4.74 Å². The first-order valence-electron chi connectivity index (χ1n) is 15.1. The van der Waals surface area contributed by atoms with Crippen molar-refractivity contribution in [1.82, 2.24) is 15.1 Å². The maximum atomic E-state index is 13.4. The number of piperidine rings is 1. The van der Waals surface area contributed by atoms with Crippen molar-refractivity contribution in [2.24, 2.45) is 5.92 Å². The predicted octanol–water partition coefficient (Wildman–Crippen LogP) is 4.55. The van der Waals surface area contributed by atoms with Crippen LogP contribution in [-0.4, -0.2) is 70.9 Å². The van der Waals surface area contributed by atoms with Gasteiger partial charge in [0.2, 0.25) is 17.7 Å². The lowest BCUT2D eigenvalue weighted by molar-refractivity contribution is -0.139. The van der Waals surface area contributed by atoms with Gasteiger partial charge in [-0.3, -0.25) is 19.3 Å². The first-order chi connectivity index (χ1) is 20.0. The van der Waals surface area contributed by atoms with Crippen molar-refractivity contribution < 1.29 is 23.9 Å². The number of hydrogen-bond acceptors (Lipinski definition) is 5. The van der Waals surface area contributed by atoms with Crippen LogP contribution in [0.25, 0.3) is 0 Å². The number of hydrogen-bond donors (Lipinski definition) is 2. The van der Waals surface area contributed by atoms with Gasteiger partial charge in [0.15, 0.2) is 0 Å². The van der Waals surface area contributed by atoms with E-state index in [1.54, 1.807) is 4.90 Å². The van der Waals surface area contributed by atoms with E-state index in [-0.39, 0.29) is 23.6 Å². The van der Waals surface area contributed by atoms with Crippen LogP contribution in [0.2, 0.25) is 0 Å². The van der Waals surface area contributed by atoms with Crippen molar-refractivity contribution >= 4 is 29.5 Å². The summed E-state index contributed by atoms with van der Waals surface area (Å²) in [5.74, 6) is -0.856. The number of benzene rings is 2. The molecule has 2 fully saturated rings. The van der Waals surface area contributed by atoms with E-state index in [0.717, 1.165) is 18.4 Å². The fourth-order valence-electron chi connectivity index (χ4n) is 5.54. The molecule has 0 saturated carbocycles. The van der Waals surface area contributed by atoms with Crippen molar-refractivity contribution in [3.05, 3.63) is 65.7 Å². The van der Waals surface area contributed by atoms with E-state index >= 15 is 0 Å². The third-order valence-corrected chi connectivity index (χ3v) is 7.89. The summed E-state index contributed by atoms with van der Waals surface area (Å²) in [6.07, 6.45) is 3.16. The molecule has 0 radical (unpaired) electrons. The van der Waals surface area contributed by atoms with E-state index in [9.17, 15) is 19.2 Å². The Morgan fingerprint density at radius 1 is 0.905 bits per heavy atom. The molecule has 2 aromatic rings. The fraction of sp³-hybridized carbons (Fsp3) is 0.515. The predicted molar refractivity (Wildman–Crippen MR) is 162 cm³/mol. The molecule has 4 rings (SSSR count). The molecule has 9 heteroatoms. The quantitative estimate of drug-likeness (QED) is 0.479. The smallest absolute Gasteiger partial charge is 0.410 e. The molecule has 0 spiro atoms. The van der Waals surface area contributed by atoms with Crippen molar-refractivity contribution in [2.45, 2.75) is 83.9 Å². The van der Waals surface area contributed by atoms with Crippen molar-refractivity contribution in [2.75, 3.05) is 25.0 Å². The molecule has 2 aliphatic rings. The molecule has 226 valence electrons. The summed E-state index contributed by atoms with van der Waals surface area (Å²) in [4.78, 5) is 56.0. The molecule has 2 atom stereocenters. The molecule has 2 heterocycles. The van der Waals surface area contributed by atoms with Crippen LogP contribution in [0.5, 0.6) is 0 Å². The lowest BCUT2D eigenvalue weighted by atomic mass is 9.94. The molecule has 2 saturated heterocycles. The van der Waals surface area contributed by atoms with Gasteiger partial charge in [0.1, 0.15) is 17.7 Å². The Bertz CT molecular complexity index is 1230. The summed E-state index contributed by atoms with van der Waals surface area (Å²) in [7, 11) is 0. The number of nitrogens with zero attached hydrogens (tertiary/aromatic N) is 2. The molecule has 0 aromatic heterocycles. The first kappa shape index (κ1) is 31.1. The van der Waals surface area contributed by atoms with Crippen LogP contribution < -0.4 is 10.6 Å². The minimum Gasteiger partial charge on any atom is -0.444 e. The van der Waals surface area contributed by atoms with Crippen molar-refractivity contribution in [3.8, 4) is 0 Å². The minimum absolute atomic E-state index is 0.0901. The number of aryl methyl sites for hydroxylation is 1. The monoisotopic (exact) mass is 576 g/mol. The molecular formula is C33H44N4O5. The van der Waals surface area contributed by atoms with Gasteiger partial charge < -0.3 is 20.3 Å². The number of likely N-dealkylation sites (tertiary alicyclic amines) is 2. The largest absolute Gasteiger partial charge is 0.444 e. The first-order valence-corrected chi connectivity index (χ1v) is 15.1. The highest BCUT2D eigenvalue weighted by atomic mass is 16.6. The van der Waals surface area contributed by atoms with E-state index in [1.165, 1.54) is 10.5 Å². The summed E-state index contributed by atoms with van der Waals surface area (Å²) in [6, 6.07) is 16.1. The highest BCUT2D eigenvalue weighted by Gasteiger charge is 2.40. The maximum Gasteiger partial charge on any atom is 0.410 e. The average molecular weight is 577 g/mol. The SMILES string of the molecule is CCc1ccc(NC(=O)[C@H](Cc2ccccc2)NC(=O)C2CCN(C(=O)[C@@H]3CCCN3C(=O)OC(C)(C)C)CC2)cc1. The van der Waals surface area contributed by atoms with E-state index < -0.39 is 23.8 Å². The number of anilines is 1. The Hall–Kier alpha value is -3.88. The van der Waals surface area contributed by atoms with Crippen LogP contribution in [0.15, 0.2) is 54.6 Å². The second-order valence-corrected chi connectivity index (χ2v) is 12.2. The maximum absolute atomic E-state index is 13.4. The lowest BCUT2D eigenvalue weighted by Crippen LogP contribution is -2.53. The lowest BCUT2D eigenvalue weighted by Gasteiger charge is -2.35. The topological polar surface area (TPSA) is 108 Å². The van der Waals surface area contributed by atoms with Crippen LogP contribution in [0.1, 0.15) is 64.5 Å². The van der Waals surface area contributed by atoms with Gasteiger partial charge in [-0.2, -0.15) is 0 Å². The van der Waals surface area contributed by atoms with E-state index in [0.29, 0.717) is 51.0 Å². The molecule has 0 unspecified atom stereocenters.